The number of halogens is 1. The number of ketones is 1. The lowest BCUT2D eigenvalue weighted by molar-refractivity contribution is 0.0956. The fraction of sp³-hybridized carbons (Fsp3) is 0.733. The van der Waals surface area contributed by atoms with E-state index < -0.39 is 0 Å². The molecular formula is C15H26BrN3O. The maximum atomic E-state index is 12.5. The van der Waals surface area contributed by atoms with Gasteiger partial charge in [-0.3, -0.25) is 9.48 Å². The Kier molecular flexibility index (Phi) is 6.89. The summed E-state index contributed by atoms with van der Waals surface area (Å²) in [5.74, 6) is 1.23. The maximum absolute atomic E-state index is 12.5. The van der Waals surface area contributed by atoms with Gasteiger partial charge in [0.1, 0.15) is 5.69 Å². The first-order valence-electron chi connectivity index (χ1n) is 7.34. The summed E-state index contributed by atoms with van der Waals surface area (Å²) in [5, 5.41) is 4.26. The van der Waals surface area contributed by atoms with Crippen LogP contribution in [0.15, 0.2) is 10.7 Å². The van der Waals surface area contributed by atoms with Crippen LogP contribution in [0.3, 0.4) is 0 Å². The number of hydrogen-bond acceptors (Lipinski definition) is 3. The minimum atomic E-state index is 0.158. The third-order valence-electron chi connectivity index (χ3n) is 3.73. The van der Waals surface area contributed by atoms with E-state index in [4.69, 9.17) is 5.73 Å². The molecule has 1 unspecified atom stereocenters. The molecule has 0 aliphatic rings. The first-order chi connectivity index (χ1) is 9.38. The Labute approximate surface area is 130 Å². The molecule has 5 heteroatoms. The summed E-state index contributed by atoms with van der Waals surface area (Å²) in [4.78, 5) is 12.5. The van der Waals surface area contributed by atoms with Crippen LogP contribution in [0, 0.1) is 11.8 Å². The molecule has 0 saturated heterocycles. The van der Waals surface area contributed by atoms with E-state index in [1.54, 1.807) is 10.9 Å². The molecule has 4 nitrogen and oxygen atoms in total. The summed E-state index contributed by atoms with van der Waals surface area (Å²) < 4.78 is 2.58. The van der Waals surface area contributed by atoms with E-state index in [1.165, 1.54) is 0 Å². The van der Waals surface area contributed by atoms with Gasteiger partial charge in [0.25, 0.3) is 0 Å². The second-order valence-electron chi connectivity index (χ2n) is 5.92. The van der Waals surface area contributed by atoms with Gasteiger partial charge in [-0.2, -0.15) is 5.10 Å². The van der Waals surface area contributed by atoms with Crippen LogP contribution in [0.2, 0.25) is 0 Å². The van der Waals surface area contributed by atoms with Crippen molar-refractivity contribution in [3.63, 3.8) is 0 Å². The van der Waals surface area contributed by atoms with E-state index in [-0.39, 0.29) is 11.8 Å². The molecule has 0 aliphatic heterocycles. The topological polar surface area (TPSA) is 60.9 Å². The third kappa shape index (κ3) is 4.42. The number of Topliss-reactive ketones (excluding diaryl/α,β-unsaturated/α-hetero) is 1. The molecule has 0 aliphatic carbocycles. The molecule has 1 heterocycles. The van der Waals surface area contributed by atoms with E-state index in [0.29, 0.717) is 30.5 Å². The molecule has 1 aromatic rings. The maximum Gasteiger partial charge on any atom is 0.182 e. The highest BCUT2D eigenvalue weighted by Crippen LogP contribution is 2.25. The standard InChI is InChI=1S/C15H26BrN3O/c1-10(2)12(7-8-17)5-6-14(20)15-13(16)9-18-19(15)11(3)4/h9-12H,5-8,17H2,1-4H3. The predicted molar refractivity (Wildman–Crippen MR) is 85.9 cm³/mol. The Morgan fingerprint density at radius 2 is 2.00 bits per heavy atom. The summed E-state index contributed by atoms with van der Waals surface area (Å²) in [5.41, 5.74) is 6.34. The number of carbonyl (C=O) groups excluding carboxylic acids is 1. The molecule has 0 amide bonds. The summed E-state index contributed by atoms with van der Waals surface area (Å²) in [6.45, 7) is 9.13. The third-order valence-corrected chi connectivity index (χ3v) is 4.31. The van der Waals surface area contributed by atoms with Crippen LogP contribution >= 0.6 is 15.9 Å². The average Bonchev–Trinajstić information content (AvgIpc) is 2.75. The number of nitrogens with two attached hydrogens (primary N) is 1. The smallest absolute Gasteiger partial charge is 0.182 e. The van der Waals surface area contributed by atoms with Gasteiger partial charge in [-0.05, 0) is 61.0 Å². The molecule has 114 valence electrons. The summed E-state index contributed by atoms with van der Waals surface area (Å²) in [7, 11) is 0. The highest BCUT2D eigenvalue weighted by Gasteiger charge is 2.21. The molecule has 0 aromatic carbocycles. The first-order valence-corrected chi connectivity index (χ1v) is 8.14. The SMILES string of the molecule is CC(C)C(CCN)CCC(=O)c1c(Br)cnn1C(C)C. The van der Waals surface area contributed by atoms with Crippen molar-refractivity contribution in [1.29, 1.82) is 0 Å². The van der Waals surface area contributed by atoms with E-state index >= 15 is 0 Å². The molecule has 0 fully saturated rings. The predicted octanol–water partition coefficient (Wildman–Crippen LogP) is 3.81. The van der Waals surface area contributed by atoms with Crippen molar-refractivity contribution in [1.82, 2.24) is 9.78 Å². The van der Waals surface area contributed by atoms with Crippen LogP contribution in [0.5, 0.6) is 0 Å². The Morgan fingerprint density at radius 3 is 2.50 bits per heavy atom. The highest BCUT2D eigenvalue weighted by molar-refractivity contribution is 9.10. The largest absolute Gasteiger partial charge is 0.330 e. The zero-order chi connectivity index (χ0) is 15.3. The Bertz CT molecular complexity index is 440. The average molecular weight is 344 g/mol. The molecule has 2 N–H and O–H groups in total. The van der Waals surface area contributed by atoms with Crippen LogP contribution in [-0.4, -0.2) is 22.1 Å². The monoisotopic (exact) mass is 343 g/mol. The lowest BCUT2D eigenvalue weighted by Gasteiger charge is -2.20. The molecular weight excluding hydrogens is 318 g/mol. The lowest BCUT2D eigenvalue weighted by atomic mass is 9.87. The molecule has 0 radical (unpaired) electrons. The lowest BCUT2D eigenvalue weighted by Crippen LogP contribution is -2.18. The van der Waals surface area contributed by atoms with Crippen molar-refractivity contribution in [3.8, 4) is 0 Å². The minimum Gasteiger partial charge on any atom is -0.330 e. The van der Waals surface area contributed by atoms with E-state index in [0.717, 1.165) is 17.3 Å². The van der Waals surface area contributed by atoms with Gasteiger partial charge in [0.05, 0.1) is 10.7 Å². The Balaban J connectivity index is 2.74. The Morgan fingerprint density at radius 1 is 1.35 bits per heavy atom. The van der Waals surface area contributed by atoms with Crippen molar-refractivity contribution in [2.45, 2.75) is 53.0 Å². The fourth-order valence-corrected chi connectivity index (χ4v) is 2.95. The van der Waals surface area contributed by atoms with Crippen LogP contribution in [0.25, 0.3) is 0 Å². The summed E-state index contributed by atoms with van der Waals surface area (Å²) >= 11 is 3.43. The van der Waals surface area contributed by atoms with E-state index in [9.17, 15) is 4.79 Å². The molecule has 0 saturated carbocycles. The van der Waals surface area contributed by atoms with Crippen LogP contribution < -0.4 is 5.73 Å². The van der Waals surface area contributed by atoms with Gasteiger partial charge in [-0.25, -0.2) is 0 Å². The molecule has 1 aromatic heterocycles. The van der Waals surface area contributed by atoms with Gasteiger partial charge in [0, 0.05) is 12.5 Å². The van der Waals surface area contributed by atoms with Crippen molar-refractivity contribution < 1.29 is 4.79 Å². The number of nitrogens with zero attached hydrogens (tertiary/aromatic N) is 2. The number of rotatable bonds is 8. The van der Waals surface area contributed by atoms with Crippen LogP contribution in [0.4, 0.5) is 0 Å². The van der Waals surface area contributed by atoms with E-state index in [1.807, 2.05) is 13.8 Å². The van der Waals surface area contributed by atoms with Gasteiger partial charge in [0.15, 0.2) is 5.78 Å². The summed E-state index contributed by atoms with van der Waals surface area (Å²) in [6, 6.07) is 0.185. The van der Waals surface area contributed by atoms with Crippen LogP contribution in [0.1, 0.15) is 63.5 Å². The quantitative estimate of drug-likeness (QED) is 0.730. The van der Waals surface area contributed by atoms with Crippen molar-refractivity contribution in [3.05, 3.63) is 16.4 Å². The minimum absolute atomic E-state index is 0.158. The van der Waals surface area contributed by atoms with Crippen LogP contribution in [-0.2, 0) is 0 Å². The first kappa shape index (κ1) is 17.4. The molecule has 1 rings (SSSR count). The normalized spacial score (nSPS) is 13.2. The summed E-state index contributed by atoms with van der Waals surface area (Å²) in [6.07, 6.45) is 4.13. The van der Waals surface area contributed by atoms with Crippen molar-refractivity contribution in [2.75, 3.05) is 6.54 Å². The van der Waals surface area contributed by atoms with Gasteiger partial charge < -0.3 is 5.73 Å². The second-order valence-corrected chi connectivity index (χ2v) is 6.78. The fourth-order valence-electron chi connectivity index (χ4n) is 2.45. The van der Waals surface area contributed by atoms with Gasteiger partial charge in [0.2, 0.25) is 0 Å². The second kappa shape index (κ2) is 7.93. The number of carbonyl (C=O) groups is 1. The molecule has 20 heavy (non-hydrogen) atoms. The van der Waals surface area contributed by atoms with E-state index in [2.05, 4.69) is 34.9 Å². The number of aromatic nitrogens is 2. The highest BCUT2D eigenvalue weighted by atomic mass is 79.9. The zero-order valence-corrected chi connectivity index (χ0v) is 14.5. The van der Waals surface area contributed by atoms with Crippen molar-refractivity contribution >= 4 is 21.7 Å². The zero-order valence-electron chi connectivity index (χ0n) is 12.9. The molecule has 0 bridgehead atoms. The van der Waals surface area contributed by atoms with Crippen molar-refractivity contribution in [2.24, 2.45) is 17.6 Å². The molecule has 0 spiro atoms. The number of hydrogen-bond donors (Lipinski definition) is 1. The van der Waals surface area contributed by atoms with Gasteiger partial charge in [-0.1, -0.05) is 13.8 Å². The molecule has 1 atom stereocenters. The Hall–Kier alpha value is -0.680. The van der Waals surface area contributed by atoms with Gasteiger partial charge >= 0.3 is 0 Å². The van der Waals surface area contributed by atoms with Gasteiger partial charge in [-0.15, -0.1) is 0 Å².